The van der Waals surface area contributed by atoms with Crippen LogP contribution in [-0.2, 0) is 27.2 Å². The summed E-state index contributed by atoms with van der Waals surface area (Å²) >= 11 is -1.42. The fourth-order valence-electron chi connectivity index (χ4n) is 3.71. The second-order valence-corrected chi connectivity index (χ2v) is 9.27. The number of carbonyl (C=O) groups excluding carboxylic acids is 2. The van der Waals surface area contributed by atoms with Gasteiger partial charge in [-0.3, -0.25) is 9.59 Å². The lowest BCUT2D eigenvalue weighted by Crippen LogP contribution is -2.64. The third kappa shape index (κ3) is 6.02. The lowest BCUT2D eigenvalue weighted by molar-refractivity contribution is -0.177. The Labute approximate surface area is 187 Å². The number of hydrogen-bond acceptors (Lipinski definition) is 4. The highest BCUT2D eigenvalue weighted by Gasteiger charge is 2.49. The number of nitrogens with zero attached hydrogens (tertiary/aromatic N) is 2. The Balaban J connectivity index is 1.50. The van der Waals surface area contributed by atoms with Crippen molar-refractivity contribution in [3.63, 3.8) is 0 Å². The minimum absolute atomic E-state index is 0.161. The highest BCUT2D eigenvalue weighted by atomic mass is 32.2. The van der Waals surface area contributed by atoms with Gasteiger partial charge in [-0.05, 0) is 49.1 Å². The molecule has 1 heterocycles. The molecule has 1 aliphatic rings. The molecule has 3 rings (SSSR count). The van der Waals surface area contributed by atoms with Gasteiger partial charge in [-0.1, -0.05) is 43.2 Å². The molecular formula is C24H30N2O4S. The first kappa shape index (κ1) is 23.2. The number of carbonyl (C=O) groups is 2. The van der Waals surface area contributed by atoms with Gasteiger partial charge in [-0.2, -0.15) is 0 Å². The number of amides is 2. The van der Waals surface area contributed by atoms with Crippen LogP contribution in [0.15, 0.2) is 59.5 Å². The van der Waals surface area contributed by atoms with Gasteiger partial charge in [0.2, 0.25) is 11.3 Å². The van der Waals surface area contributed by atoms with Crippen LogP contribution in [0.2, 0.25) is 0 Å². The molecule has 7 heteroatoms. The fraction of sp³-hybridized carbons (Fsp3) is 0.417. The first-order valence-corrected chi connectivity index (χ1v) is 11.9. The number of β-lactam (4-membered cyclic amide) rings is 1. The number of hydrogen-bond donors (Lipinski definition) is 0. The maximum absolute atomic E-state index is 13.0. The average Bonchev–Trinajstić information content (AvgIpc) is 2.78. The molecule has 2 atom stereocenters. The molecule has 0 aromatic heterocycles. The summed E-state index contributed by atoms with van der Waals surface area (Å²) in [4.78, 5) is 25.1. The van der Waals surface area contributed by atoms with Crippen molar-refractivity contribution in [2.24, 2.45) is 0 Å². The Kier molecular flexibility index (Phi) is 8.37. The van der Waals surface area contributed by atoms with E-state index >= 15 is 0 Å². The number of unbranched alkanes of at least 4 members (excludes halogenated alkanes) is 3. The molecule has 31 heavy (non-hydrogen) atoms. The second kappa shape index (κ2) is 11.2. The molecule has 2 aromatic carbocycles. The van der Waals surface area contributed by atoms with Crippen molar-refractivity contribution in [1.82, 2.24) is 10.0 Å². The van der Waals surface area contributed by atoms with E-state index in [2.05, 4.69) is 24.3 Å². The molecule has 6 nitrogen and oxygen atoms in total. The van der Waals surface area contributed by atoms with Crippen molar-refractivity contribution < 1.29 is 18.9 Å². The van der Waals surface area contributed by atoms with Crippen LogP contribution < -0.4 is 4.74 Å². The first-order chi connectivity index (χ1) is 15.0. The number of hydrazine groups is 1. The van der Waals surface area contributed by atoms with Gasteiger partial charge in [0.25, 0.3) is 5.91 Å². The Morgan fingerprint density at radius 3 is 2.39 bits per heavy atom. The largest absolute Gasteiger partial charge is 0.610 e. The monoisotopic (exact) mass is 442 g/mol. The summed E-state index contributed by atoms with van der Waals surface area (Å²) in [5, 5.41) is 2.35. The molecular weight excluding hydrogens is 412 g/mol. The maximum Gasteiger partial charge on any atom is 0.252 e. The molecule has 0 spiro atoms. The van der Waals surface area contributed by atoms with Gasteiger partial charge < -0.3 is 9.29 Å². The molecule has 1 fully saturated rings. The lowest BCUT2D eigenvalue weighted by Gasteiger charge is -2.45. The molecule has 2 amide bonds. The molecule has 0 saturated carbocycles. The number of methoxy groups -OCH3 is 1. The van der Waals surface area contributed by atoms with Gasteiger partial charge in [-0.15, -0.1) is 0 Å². The van der Waals surface area contributed by atoms with Crippen molar-refractivity contribution >= 4 is 23.0 Å². The second-order valence-electron chi connectivity index (χ2n) is 7.66. The van der Waals surface area contributed by atoms with Crippen LogP contribution >= 0.6 is 0 Å². The Bertz CT molecular complexity index is 860. The number of rotatable bonds is 11. The van der Waals surface area contributed by atoms with E-state index in [1.165, 1.54) is 22.5 Å². The summed E-state index contributed by atoms with van der Waals surface area (Å²) in [5.41, 5.74) is 1.34. The molecule has 2 unspecified atom stereocenters. The van der Waals surface area contributed by atoms with Gasteiger partial charge in [0.15, 0.2) is 4.90 Å². The smallest absolute Gasteiger partial charge is 0.252 e. The van der Waals surface area contributed by atoms with Crippen LogP contribution in [-0.4, -0.2) is 45.4 Å². The number of aryl methyl sites for hydroxylation is 1. The van der Waals surface area contributed by atoms with Crippen LogP contribution in [0.3, 0.4) is 0 Å². The molecule has 0 aliphatic carbocycles. The minimum atomic E-state index is -1.42. The van der Waals surface area contributed by atoms with Gasteiger partial charge in [-0.25, -0.2) is 10.0 Å². The van der Waals surface area contributed by atoms with Crippen molar-refractivity contribution in [2.75, 3.05) is 13.7 Å². The lowest BCUT2D eigenvalue weighted by atomic mass is 10.1. The summed E-state index contributed by atoms with van der Waals surface area (Å²) in [5.74, 6) is 0.320. The Hall–Kier alpha value is -2.51. The first-order valence-electron chi connectivity index (χ1n) is 10.7. The zero-order valence-corrected chi connectivity index (χ0v) is 19.0. The summed E-state index contributed by atoms with van der Waals surface area (Å²) in [6.07, 6.45) is 5.17. The molecule has 0 bridgehead atoms. The molecule has 1 aliphatic heterocycles. The standard InChI is InChI=1S/C24H30N2O4S/c1-19(27)25(17-9-4-3-6-10-20-11-7-5-8-12-20)26-23(28)18-24(26)31(29)22-15-13-21(30-2)14-16-22/h5,7-8,11-16,24H,3-4,6,9-10,17-18H2,1-2H3. The number of benzene rings is 2. The van der Waals surface area contributed by atoms with E-state index in [4.69, 9.17) is 4.74 Å². The van der Waals surface area contributed by atoms with E-state index in [9.17, 15) is 14.1 Å². The molecule has 2 aromatic rings. The van der Waals surface area contributed by atoms with Crippen molar-refractivity contribution in [1.29, 1.82) is 0 Å². The molecule has 0 N–H and O–H groups in total. The highest BCUT2D eigenvalue weighted by Crippen LogP contribution is 2.32. The predicted molar refractivity (Wildman–Crippen MR) is 121 cm³/mol. The third-order valence-electron chi connectivity index (χ3n) is 5.47. The van der Waals surface area contributed by atoms with Gasteiger partial charge in [0.1, 0.15) is 5.75 Å². The molecule has 1 saturated heterocycles. The van der Waals surface area contributed by atoms with Crippen LogP contribution in [0, 0.1) is 0 Å². The van der Waals surface area contributed by atoms with Crippen LogP contribution in [0.1, 0.15) is 44.6 Å². The summed E-state index contributed by atoms with van der Waals surface area (Å²) in [6, 6.07) is 17.4. The van der Waals surface area contributed by atoms with Crippen molar-refractivity contribution in [3.8, 4) is 5.75 Å². The SMILES string of the molecule is COc1ccc([S+]([O-])C2CC(=O)N2N(CCCCCCc2ccccc2)C(C)=O)cc1. The zero-order valence-electron chi connectivity index (χ0n) is 18.2. The quantitative estimate of drug-likeness (QED) is 0.300. The fourth-order valence-corrected chi connectivity index (χ4v) is 5.13. The predicted octanol–water partition coefficient (Wildman–Crippen LogP) is 3.93. The number of ether oxygens (including phenoxy) is 1. The molecule has 166 valence electrons. The van der Waals surface area contributed by atoms with E-state index in [-0.39, 0.29) is 18.2 Å². The van der Waals surface area contributed by atoms with Crippen molar-refractivity contribution in [3.05, 3.63) is 60.2 Å². The summed E-state index contributed by atoms with van der Waals surface area (Å²) < 4.78 is 18.1. The zero-order chi connectivity index (χ0) is 22.2. The normalized spacial score (nSPS) is 16.5. The molecule has 0 radical (unpaired) electrons. The van der Waals surface area contributed by atoms with Crippen LogP contribution in [0.5, 0.6) is 5.75 Å². The average molecular weight is 443 g/mol. The third-order valence-corrected chi connectivity index (χ3v) is 7.07. The van der Waals surface area contributed by atoms with E-state index in [0.29, 0.717) is 17.2 Å². The van der Waals surface area contributed by atoms with E-state index in [0.717, 1.165) is 32.1 Å². The Morgan fingerprint density at radius 2 is 1.77 bits per heavy atom. The topological polar surface area (TPSA) is 72.9 Å². The summed E-state index contributed by atoms with van der Waals surface area (Å²) in [7, 11) is 1.57. The van der Waals surface area contributed by atoms with Gasteiger partial charge in [0.05, 0.1) is 13.5 Å². The highest BCUT2D eigenvalue weighted by molar-refractivity contribution is 7.92. The van der Waals surface area contributed by atoms with Gasteiger partial charge >= 0.3 is 0 Å². The summed E-state index contributed by atoms with van der Waals surface area (Å²) in [6.45, 7) is 1.91. The van der Waals surface area contributed by atoms with E-state index in [1.807, 2.05) is 6.07 Å². The van der Waals surface area contributed by atoms with E-state index in [1.54, 1.807) is 31.4 Å². The van der Waals surface area contributed by atoms with E-state index < -0.39 is 16.5 Å². The Morgan fingerprint density at radius 1 is 1.10 bits per heavy atom. The minimum Gasteiger partial charge on any atom is -0.610 e. The van der Waals surface area contributed by atoms with Crippen LogP contribution in [0.4, 0.5) is 0 Å². The van der Waals surface area contributed by atoms with Crippen LogP contribution in [0.25, 0.3) is 0 Å². The van der Waals surface area contributed by atoms with Gasteiger partial charge in [0, 0.05) is 24.6 Å². The van der Waals surface area contributed by atoms with Crippen molar-refractivity contribution in [2.45, 2.75) is 55.7 Å². The maximum atomic E-state index is 13.0.